The molecule has 0 spiro atoms. The van der Waals surface area contributed by atoms with E-state index in [0.717, 1.165) is 40.6 Å². The van der Waals surface area contributed by atoms with Crippen molar-refractivity contribution in [2.24, 2.45) is 0 Å². The van der Waals surface area contributed by atoms with Gasteiger partial charge in [0.15, 0.2) is 0 Å². The smallest absolute Gasteiger partial charge is 0.261 e. The molecular weight excluding hydrogens is 462 g/mol. The van der Waals surface area contributed by atoms with Crippen molar-refractivity contribution < 1.29 is 14.4 Å². The first kappa shape index (κ1) is 24.9. The van der Waals surface area contributed by atoms with Gasteiger partial charge < -0.3 is 15.5 Å². The van der Waals surface area contributed by atoms with E-state index < -0.39 is 0 Å². The molecule has 1 aromatic carbocycles. The van der Waals surface area contributed by atoms with Crippen LogP contribution >= 0.6 is 11.3 Å². The topological polar surface area (TPSA) is 107 Å². The van der Waals surface area contributed by atoms with Crippen LogP contribution < -0.4 is 10.6 Å². The van der Waals surface area contributed by atoms with Gasteiger partial charge in [0.1, 0.15) is 0 Å². The highest BCUT2D eigenvalue weighted by Crippen LogP contribution is 2.29. The molecule has 0 bridgehead atoms. The first-order valence-corrected chi connectivity index (χ1v) is 13.3. The number of hydrogen-bond donors (Lipinski definition) is 3. The van der Waals surface area contributed by atoms with Gasteiger partial charge in [-0.3, -0.25) is 19.5 Å². The van der Waals surface area contributed by atoms with Crippen LogP contribution in [0.1, 0.15) is 76.4 Å². The second-order valence-electron chi connectivity index (χ2n) is 8.79. The zero-order valence-electron chi connectivity index (χ0n) is 20.4. The average Bonchev–Trinajstić information content (AvgIpc) is 3.55. The molecule has 9 heteroatoms. The minimum Gasteiger partial charge on any atom is -0.349 e. The number of benzene rings is 1. The summed E-state index contributed by atoms with van der Waals surface area (Å²) in [4.78, 5) is 41.6. The Morgan fingerprint density at radius 2 is 1.91 bits per heavy atom. The van der Waals surface area contributed by atoms with Gasteiger partial charge in [-0.25, -0.2) is 0 Å². The Morgan fingerprint density at radius 3 is 2.71 bits per heavy atom. The number of rotatable bonds is 5. The fraction of sp³-hybridized carbons (Fsp3) is 0.462. The summed E-state index contributed by atoms with van der Waals surface area (Å²) in [5.41, 5.74) is 2.38. The van der Waals surface area contributed by atoms with Gasteiger partial charge in [0.05, 0.1) is 23.1 Å². The van der Waals surface area contributed by atoms with E-state index in [1.54, 1.807) is 29.3 Å². The molecule has 3 aromatic rings. The summed E-state index contributed by atoms with van der Waals surface area (Å²) < 4.78 is 0. The van der Waals surface area contributed by atoms with Crippen molar-refractivity contribution in [1.29, 1.82) is 0 Å². The summed E-state index contributed by atoms with van der Waals surface area (Å²) in [5, 5.41) is 13.5. The van der Waals surface area contributed by atoms with Gasteiger partial charge >= 0.3 is 0 Å². The number of aromatic amines is 1. The average molecular weight is 496 g/mol. The third kappa shape index (κ3) is 5.90. The summed E-state index contributed by atoms with van der Waals surface area (Å²) >= 11 is 1.54. The maximum Gasteiger partial charge on any atom is 0.261 e. The highest BCUT2D eigenvalue weighted by molar-refractivity contribution is 7.14. The molecule has 0 unspecified atom stereocenters. The van der Waals surface area contributed by atoms with Crippen LogP contribution in [0.4, 0.5) is 0 Å². The number of carbonyl (C=O) groups is 3. The SMILES string of the molecule is CC.O=C(NCC(=O)N1CCc2sc(C(=O)NC3CCCCC3)cc2C1)c1ccc2[nH]ncc2c1. The summed E-state index contributed by atoms with van der Waals surface area (Å²) in [6, 6.07) is 7.46. The van der Waals surface area contributed by atoms with Crippen molar-refractivity contribution in [2.75, 3.05) is 13.1 Å². The Kier molecular flexibility index (Phi) is 8.17. The summed E-state index contributed by atoms with van der Waals surface area (Å²) in [7, 11) is 0. The van der Waals surface area contributed by atoms with Crippen LogP contribution in [0.3, 0.4) is 0 Å². The zero-order valence-corrected chi connectivity index (χ0v) is 21.2. The Bertz CT molecular complexity index is 1190. The van der Waals surface area contributed by atoms with Crippen molar-refractivity contribution >= 4 is 40.0 Å². The van der Waals surface area contributed by atoms with E-state index in [4.69, 9.17) is 0 Å². The van der Waals surface area contributed by atoms with Crippen LogP contribution in [0.2, 0.25) is 0 Å². The summed E-state index contributed by atoms with van der Waals surface area (Å²) in [5.74, 6) is -0.417. The molecule has 2 aromatic heterocycles. The molecule has 8 nitrogen and oxygen atoms in total. The highest BCUT2D eigenvalue weighted by atomic mass is 32.1. The molecule has 2 aliphatic rings. The molecule has 186 valence electrons. The highest BCUT2D eigenvalue weighted by Gasteiger charge is 2.25. The minimum atomic E-state index is -0.290. The van der Waals surface area contributed by atoms with Crippen LogP contribution in [0.5, 0.6) is 0 Å². The second kappa shape index (κ2) is 11.5. The molecule has 1 fully saturated rings. The summed E-state index contributed by atoms with van der Waals surface area (Å²) in [6.45, 7) is 5.00. The van der Waals surface area contributed by atoms with Gasteiger partial charge in [-0.15, -0.1) is 11.3 Å². The van der Waals surface area contributed by atoms with Gasteiger partial charge in [0, 0.05) is 35.0 Å². The van der Waals surface area contributed by atoms with Crippen LogP contribution in [-0.4, -0.2) is 52.0 Å². The number of H-pyrrole nitrogens is 1. The number of amides is 3. The van der Waals surface area contributed by atoms with Gasteiger partial charge in [0.2, 0.25) is 5.91 Å². The standard InChI is InChI=1S/C24H27N5O3S.C2H6/c30-22(13-25-23(31)15-6-7-19-16(10-15)12-26-28-19)29-9-8-20-17(14-29)11-21(33-20)24(32)27-18-4-2-1-3-5-18;1-2/h6-7,10-12,18H,1-5,8-9,13-14H2,(H,25,31)(H,26,28)(H,27,32);1-2H3. The fourth-order valence-corrected chi connectivity index (χ4v) is 5.68. The third-order valence-corrected chi connectivity index (χ3v) is 7.72. The maximum absolute atomic E-state index is 12.7. The lowest BCUT2D eigenvalue weighted by molar-refractivity contribution is -0.131. The number of thiophene rings is 1. The molecule has 5 rings (SSSR count). The second-order valence-corrected chi connectivity index (χ2v) is 9.92. The maximum atomic E-state index is 12.7. The van der Waals surface area contributed by atoms with E-state index in [9.17, 15) is 14.4 Å². The van der Waals surface area contributed by atoms with E-state index in [1.165, 1.54) is 35.5 Å². The summed E-state index contributed by atoms with van der Waals surface area (Å²) in [6.07, 6.45) is 8.11. The third-order valence-electron chi connectivity index (χ3n) is 6.49. The minimum absolute atomic E-state index is 0.000955. The van der Waals surface area contributed by atoms with Crippen molar-refractivity contribution in [2.45, 2.75) is 65.0 Å². The van der Waals surface area contributed by atoms with Gasteiger partial charge in [0.25, 0.3) is 11.8 Å². The zero-order chi connectivity index (χ0) is 24.8. The molecule has 0 atom stereocenters. The Morgan fingerprint density at radius 1 is 1.11 bits per heavy atom. The first-order chi connectivity index (χ1) is 17.1. The Hall–Kier alpha value is -3.20. The molecule has 3 heterocycles. The van der Waals surface area contributed by atoms with E-state index in [0.29, 0.717) is 18.7 Å². The molecule has 3 amide bonds. The van der Waals surface area contributed by atoms with E-state index >= 15 is 0 Å². The van der Waals surface area contributed by atoms with Crippen molar-refractivity contribution in [3.8, 4) is 0 Å². The lowest BCUT2D eigenvalue weighted by atomic mass is 9.95. The molecule has 1 saturated carbocycles. The quantitative estimate of drug-likeness (QED) is 0.497. The lowest BCUT2D eigenvalue weighted by Crippen LogP contribution is -2.42. The van der Waals surface area contributed by atoms with Crippen LogP contribution in [0.25, 0.3) is 10.9 Å². The van der Waals surface area contributed by atoms with Crippen LogP contribution in [0, 0.1) is 0 Å². The van der Waals surface area contributed by atoms with E-state index in [-0.39, 0.29) is 30.3 Å². The molecular formula is C26H33N5O3S. The number of aromatic nitrogens is 2. The van der Waals surface area contributed by atoms with Gasteiger partial charge in [-0.1, -0.05) is 33.1 Å². The Balaban J connectivity index is 0.00000141. The molecule has 0 saturated heterocycles. The number of fused-ring (bicyclic) bond motifs is 2. The number of carbonyl (C=O) groups excluding carboxylic acids is 3. The number of nitrogens with zero attached hydrogens (tertiary/aromatic N) is 2. The van der Waals surface area contributed by atoms with Gasteiger partial charge in [-0.2, -0.15) is 5.10 Å². The Labute approximate surface area is 209 Å². The lowest BCUT2D eigenvalue weighted by Gasteiger charge is -2.27. The molecule has 1 aliphatic heterocycles. The monoisotopic (exact) mass is 495 g/mol. The molecule has 0 radical (unpaired) electrons. The number of hydrogen-bond acceptors (Lipinski definition) is 5. The predicted octanol–water partition coefficient (Wildman–Crippen LogP) is 4.03. The molecule has 1 aliphatic carbocycles. The normalized spacial score (nSPS) is 15.7. The first-order valence-electron chi connectivity index (χ1n) is 12.5. The van der Waals surface area contributed by atoms with Crippen LogP contribution in [0.15, 0.2) is 30.5 Å². The largest absolute Gasteiger partial charge is 0.349 e. The number of nitrogens with one attached hydrogen (secondary N) is 3. The molecule has 3 N–H and O–H groups in total. The van der Waals surface area contributed by atoms with Crippen molar-refractivity contribution in [1.82, 2.24) is 25.7 Å². The van der Waals surface area contributed by atoms with Crippen molar-refractivity contribution in [3.05, 3.63) is 51.3 Å². The van der Waals surface area contributed by atoms with Crippen LogP contribution in [-0.2, 0) is 17.8 Å². The van der Waals surface area contributed by atoms with Gasteiger partial charge in [-0.05, 0) is 49.1 Å². The van der Waals surface area contributed by atoms with Crippen molar-refractivity contribution in [3.63, 3.8) is 0 Å². The predicted molar refractivity (Wildman–Crippen MR) is 138 cm³/mol. The molecule has 35 heavy (non-hydrogen) atoms. The van der Waals surface area contributed by atoms with E-state index in [2.05, 4.69) is 20.8 Å². The van der Waals surface area contributed by atoms with E-state index in [1.807, 2.05) is 19.9 Å². The fourth-order valence-electron chi connectivity index (χ4n) is 4.62.